The van der Waals surface area contributed by atoms with Gasteiger partial charge in [0.2, 0.25) is 0 Å². The maximum absolute atomic E-state index is 13.4. The number of hydrogen-bond donors (Lipinski definition) is 0. The molecule has 152 valence electrons. The fraction of sp³-hybridized carbons (Fsp3) is 0.739. The van der Waals surface area contributed by atoms with E-state index in [1.54, 1.807) is 0 Å². The van der Waals surface area contributed by atoms with Crippen LogP contribution in [0.5, 0.6) is 0 Å². The highest BCUT2D eigenvalue weighted by molar-refractivity contribution is 5.19. The predicted octanol–water partition coefficient (Wildman–Crippen LogP) is 6.79. The molecule has 0 spiro atoms. The third-order valence-electron chi connectivity index (χ3n) is 6.41. The van der Waals surface area contributed by atoms with E-state index in [1.165, 1.54) is 76.3 Å². The van der Waals surface area contributed by atoms with E-state index in [2.05, 4.69) is 6.92 Å². The van der Waals surface area contributed by atoms with Gasteiger partial charge in [-0.15, -0.1) is 0 Å². The van der Waals surface area contributed by atoms with Gasteiger partial charge >= 0.3 is 0 Å². The molecule has 0 N–H and O–H groups in total. The van der Waals surface area contributed by atoms with E-state index in [9.17, 15) is 8.78 Å². The molecule has 1 saturated heterocycles. The first-order chi connectivity index (χ1) is 13.2. The van der Waals surface area contributed by atoms with Gasteiger partial charge in [-0.3, -0.25) is 0 Å². The zero-order valence-electron chi connectivity index (χ0n) is 16.6. The fourth-order valence-corrected chi connectivity index (χ4v) is 4.63. The summed E-state index contributed by atoms with van der Waals surface area (Å²) >= 11 is 0. The average molecular weight is 381 g/mol. The van der Waals surface area contributed by atoms with Crippen LogP contribution in [0.15, 0.2) is 18.2 Å². The van der Waals surface area contributed by atoms with Gasteiger partial charge in [0.25, 0.3) is 0 Å². The molecule has 2 fully saturated rings. The number of unbranched alkanes of at least 4 members (excludes halogenated alkanes) is 4. The number of ether oxygens (including phenoxy) is 2. The van der Waals surface area contributed by atoms with Gasteiger partial charge in [0, 0.05) is 11.5 Å². The lowest BCUT2D eigenvalue weighted by Crippen LogP contribution is -2.34. The summed E-state index contributed by atoms with van der Waals surface area (Å²) < 4.78 is 38.2. The zero-order chi connectivity index (χ0) is 19.1. The van der Waals surface area contributed by atoms with Crippen molar-refractivity contribution in [3.8, 4) is 0 Å². The molecule has 4 heteroatoms. The molecule has 2 aliphatic rings. The predicted molar refractivity (Wildman–Crippen MR) is 103 cm³/mol. The lowest BCUT2D eigenvalue weighted by Gasteiger charge is -2.38. The quantitative estimate of drug-likeness (QED) is 0.462. The molecule has 1 aliphatic heterocycles. The largest absolute Gasteiger partial charge is 0.348 e. The molecule has 3 rings (SSSR count). The lowest BCUT2D eigenvalue weighted by molar-refractivity contribution is -0.214. The van der Waals surface area contributed by atoms with Crippen molar-refractivity contribution in [2.45, 2.75) is 77.4 Å². The lowest BCUT2D eigenvalue weighted by atomic mass is 9.74. The Balaban J connectivity index is 1.36. The van der Waals surface area contributed by atoms with Crippen molar-refractivity contribution >= 4 is 0 Å². The van der Waals surface area contributed by atoms with E-state index in [0.717, 1.165) is 12.0 Å². The van der Waals surface area contributed by atoms with Crippen molar-refractivity contribution in [2.75, 3.05) is 13.2 Å². The molecule has 2 nitrogen and oxygen atoms in total. The second kappa shape index (κ2) is 10.5. The van der Waals surface area contributed by atoms with E-state index in [-0.39, 0.29) is 0 Å². The Morgan fingerprint density at radius 1 is 0.852 bits per heavy atom. The molecule has 1 saturated carbocycles. The molecule has 1 aromatic carbocycles. The Hall–Kier alpha value is -1.00. The zero-order valence-corrected chi connectivity index (χ0v) is 16.6. The van der Waals surface area contributed by atoms with Crippen molar-refractivity contribution in [3.63, 3.8) is 0 Å². The molecular formula is C23H34F2O2. The Morgan fingerprint density at radius 3 is 2.22 bits per heavy atom. The summed E-state index contributed by atoms with van der Waals surface area (Å²) in [6.45, 7) is 3.56. The minimum absolute atomic E-state index is 0.428. The Kier molecular flexibility index (Phi) is 8.07. The second-order valence-corrected chi connectivity index (χ2v) is 8.42. The summed E-state index contributed by atoms with van der Waals surface area (Å²) in [5.74, 6) is 0.317. The van der Waals surface area contributed by atoms with Gasteiger partial charge in [-0.05, 0) is 36.8 Å². The molecule has 0 radical (unpaired) electrons. The van der Waals surface area contributed by atoms with Gasteiger partial charge in [0.05, 0.1) is 13.2 Å². The highest BCUT2D eigenvalue weighted by Crippen LogP contribution is 2.38. The normalized spacial score (nSPS) is 29.0. The van der Waals surface area contributed by atoms with E-state index in [4.69, 9.17) is 9.47 Å². The number of halogens is 2. The fourth-order valence-electron chi connectivity index (χ4n) is 4.63. The van der Waals surface area contributed by atoms with Crippen molar-refractivity contribution in [3.05, 3.63) is 35.4 Å². The first-order valence-corrected chi connectivity index (χ1v) is 10.9. The first kappa shape index (κ1) is 20.7. The minimum Gasteiger partial charge on any atom is -0.348 e. The van der Waals surface area contributed by atoms with Crippen LogP contribution >= 0.6 is 0 Å². The van der Waals surface area contributed by atoms with Crippen LogP contribution in [0.3, 0.4) is 0 Å². The second-order valence-electron chi connectivity index (χ2n) is 8.42. The van der Waals surface area contributed by atoms with E-state index in [1.807, 2.05) is 0 Å². The van der Waals surface area contributed by atoms with Gasteiger partial charge in [-0.2, -0.15) is 0 Å². The van der Waals surface area contributed by atoms with Crippen LogP contribution in [0.2, 0.25) is 0 Å². The SMILES string of the molecule is CCCCCCCC1CCC(C2COC(c3ccc(F)c(F)c3)OC2)CC1. The summed E-state index contributed by atoms with van der Waals surface area (Å²) in [4.78, 5) is 0. The maximum atomic E-state index is 13.4. The standard InChI is InChI=1S/C23H34F2O2/c1-2-3-4-5-6-7-17-8-10-18(11-9-17)20-15-26-23(27-16-20)19-12-13-21(24)22(25)14-19/h12-14,17-18,20,23H,2-11,15-16H2,1H3. The Morgan fingerprint density at radius 2 is 1.56 bits per heavy atom. The van der Waals surface area contributed by atoms with Crippen molar-refractivity contribution in [1.82, 2.24) is 0 Å². The molecule has 0 unspecified atom stereocenters. The van der Waals surface area contributed by atoms with Crippen LogP contribution in [0.4, 0.5) is 8.78 Å². The van der Waals surface area contributed by atoms with Crippen molar-refractivity contribution in [2.24, 2.45) is 17.8 Å². The molecule has 27 heavy (non-hydrogen) atoms. The third-order valence-corrected chi connectivity index (χ3v) is 6.41. The maximum Gasteiger partial charge on any atom is 0.183 e. The van der Waals surface area contributed by atoms with Crippen LogP contribution in [-0.4, -0.2) is 13.2 Å². The van der Waals surface area contributed by atoms with Crippen molar-refractivity contribution in [1.29, 1.82) is 0 Å². The van der Waals surface area contributed by atoms with Crippen LogP contribution in [0.25, 0.3) is 0 Å². The van der Waals surface area contributed by atoms with Gasteiger partial charge in [-0.25, -0.2) is 8.78 Å². The van der Waals surface area contributed by atoms with E-state index < -0.39 is 17.9 Å². The van der Waals surface area contributed by atoms with E-state index >= 15 is 0 Å². The topological polar surface area (TPSA) is 18.5 Å². The molecule has 1 heterocycles. The van der Waals surface area contributed by atoms with E-state index in [0.29, 0.717) is 30.6 Å². The smallest absolute Gasteiger partial charge is 0.183 e. The van der Waals surface area contributed by atoms with Gasteiger partial charge < -0.3 is 9.47 Å². The highest BCUT2D eigenvalue weighted by Gasteiger charge is 2.32. The van der Waals surface area contributed by atoms with Gasteiger partial charge in [-0.1, -0.05) is 64.4 Å². The molecule has 0 aromatic heterocycles. The third kappa shape index (κ3) is 5.99. The summed E-state index contributed by atoms with van der Waals surface area (Å²) in [6, 6.07) is 3.84. The molecule has 0 atom stereocenters. The molecular weight excluding hydrogens is 346 g/mol. The van der Waals surface area contributed by atoms with Crippen LogP contribution < -0.4 is 0 Å². The summed E-state index contributed by atoms with van der Waals surface area (Å²) in [7, 11) is 0. The Labute approximate surface area is 162 Å². The Bertz CT molecular complexity index is 561. The van der Waals surface area contributed by atoms with Gasteiger partial charge in [0.15, 0.2) is 17.9 Å². The van der Waals surface area contributed by atoms with Crippen LogP contribution in [0.1, 0.15) is 83.0 Å². The highest BCUT2D eigenvalue weighted by atomic mass is 19.2. The molecule has 1 aliphatic carbocycles. The van der Waals surface area contributed by atoms with Crippen molar-refractivity contribution < 1.29 is 18.3 Å². The molecule has 1 aromatic rings. The number of rotatable bonds is 8. The average Bonchev–Trinajstić information content (AvgIpc) is 2.71. The molecule has 0 bridgehead atoms. The van der Waals surface area contributed by atoms with Crippen LogP contribution in [0, 0.1) is 29.4 Å². The summed E-state index contributed by atoms with van der Waals surface area (Å²) in [6.07, 6.45) is 12.9. The van der Waals surface area contributed by atoms with Crippen LogP contribution in [-0.2, 0) is 9.47 Å². The summed E-state index contributed by atoms with van der Waals surface area (Å²) in [5.41, 5.74) is 0.555. The monoisotopic (exact) mass is 380 g/mol. The number of hydrogen-bond acceptors (Lipinski definition) is 2. The molecule has 0 amide bonds. The van der Waals surface area contributed by atoms with Gasteiger partial charge in [0.1, 0.15) is 0 Å². The number of benzene rings is 1. The minimum atomic E-state index is -0.852. The summed E-state index contributed by atoms with van der Waals surface area (Å²) in [5, 5.41) is 0. The first-order valence-electron chi connectivity index (χ1n) is 10.9.